The monoisotopic (exact) mass is 255 g/mol. The third-order valence-corrected chi connectivity index (χ3v) is 3.55. The van der Waals surface area contributed by atoms with Gasteiger partial charge in [0, 0.05) is 29.4 Å². The molecule has 0 saturated carbocycles. The Morgan fingerprint density at radius 3 is 2.63 bits per heavy atom. The molecule has 1 saturated heterocycles. The van der Waals surface area contributed by atoms with Crippen LogP contribution in [0.15, 0.2) is 73.3 Å². The van der Waals surface area contributed by atoms with Crippen molar-refractivity contribution in [1.29, 1.82) is 0 Å². The Balaban J connectivity index is 3.01. The molecule has 0 aromatic heterocycles. The van der Waals surface area contributed by atoms with Gasteiger partial charge in [-0.25, -0.2) is 0 Å². The summed E-state index contributed by atoms with van der Waals surface area (Å²) in [6.45, 7) is 18.4. The molecule has 1 heterocycles. The van der Waals surface area contributed by atoms with Crippen LogP contribution in [0.2, 0.25) is 0 Å². The zero-order chi connectivity index (χ0) is 14.4. The molecule has 1 heteroatoms. The van der Waals surface area contributed by atoms with E-state index in [2.05, 4.69) is 63.6 Å². The molecule has 0 aromatic rings. The summed E-state index contributed by atoms with van der Waals surface area (Å²) in [6.07, 6.45) is 13.5. The van der Waals surface area contributed by atoms with Gasteiger partial charge in [0.25, 0.3) is 0 Å². The Morgan fingerprint density at radius 1 is 1.42 bits per heavy atom. The van der Waals surface area contributed by atoms with Crippen LogP contribution < -0.4 is 0 Å². The van der Waals surface area contributed by atoms with Gasteiger partial charge in [-0.05, 0) is 25.0 Å². The third kappa shape index (κ3) is 3.37. The van der Waals surface area contributed by atoms with E-state index in [0.717, 1.165) is 17.7 Å². The van der Waals surface area contributed by atoms with Crippen LogP contribution in [-0.4, -0.2) is 4.90 Å². The summed E-state index contributed by atoms with van der Waals surface area (Å²) in [7, 11) is 0. The van der Waals surface area contributed by atoms with Crippen molar-refractivity contribution in [1.82, 2.24) is 4.90 Å². The van der Waals surface area contributed by atoms with Gasteiger partial charge < -0.3 is 4.90 Å². The molecule has 0 N–H and O–H groups in total. The van der Waals surface area contributed by atoms with Crippen LogP contribution in [0.1, 0.15) is 27.2 Å². The minimum atomic E-state index is 0.382. The van der Waals surface area contributed by atoms with Crippen LogP contribution in [0, 0.1) is 11.8 Å². The quantitative estimate of drug-likeness (QED) is 0.482. The first-order chi connectivity index (χ1) is 9.06. The second-order valence-corrected chi connectivity index (χ2v) is 4.82. The third-order valence-electron chi connectivity index (χ3n) is 3.55. The molecule has 1 rings (SSSR count). The van der Waals surface area contributed by atoms with Gasteiger partial charge >= 0.3 is 0 Å². The highest BCUT2D eigenvalue weighted by molar-refractivity contribution is 5.34. The standard InChI is InChI=1S/C18H25N/c1-7-10-11-17-15(5)18(9-3)19(16(17)6)13-12-14(4)8-2/h8-13,15,17H,2,4,6-7H2,1,3,5H3/b11-10-,13-12+,18-9-. The van der Waals surface area contributed by atoms with Gasteiger partial charge in [-0.15, -0.1) is 0 Å². The van der Waals surface area contributed by atoms with Crippen LogP contribution >= 0.6 is 0 Å². The van der Waals surface area contributed by atoms with Gasteiger partial charge in [-0.1, -0.05) is 57.9 Å². The smallest absolute Gasteiger partial charge is 0.0250 e. The summed E-state index contributed by atoms with van der Waals surface area (Å²) in [5, 5.41) is 0. The first kappa shape index (κ1) is 15.3. The zero-order valence-corrected chi connectivity index (χ0v) is 12.4. The molecule has 1 nitrogen and oxygen atoms in total. The van der Waals surface area contributed by atoms with Crippen molar-refractivity contribution in [3.8, 4) is 0 Å². The maximum atomic E-state index is 4.25. The Hall–Kier alpha value is -1.76. The number of hydrogen-bond donors (Lipinski definition) is 0. The maximum absolute atomic E-state index is 4.25. The topological polar surface area (TPSA) is 3.24 Å². The summed E-state index contributed by atoms with van der Waals surface area (Å²) in [5.41, 5.74) is 3.32. The highest BCUT2D eigenvalue weighted by Gasteiger charge is 2.34. The van der Waals surface area contributed by atoms with E-state index >= 15 is 0 Å². The van der Waals surface area contributed by atoms with E-state index in [9.17, 15) is 0 Å². The summed E-state index contributed by atoms with van der Waals surface area (Å²) in [6, 6.07) is 0. The SMILES string of the molecule is C=CC(=C)/C=C/N1C(=C)C(/C=C\CC)C(C)/C1=C/C. The average Bonchev–Trinajstić information content (AvgIpc) is 2.64. The zero-order valence-electron chi connectivity index (χ0n) is 12.4. The van der Waals surface area contributed by atoms with Gasteiger partial charge in [-0.2, -0.15) is 0 Å². The summed E-state index contributed by atoms with van der Waals surface area (Å²) >= 11 is 0. The predicted molar refractivity (Wildman–Crippen MR) is 85.3 cm³/mol. The van der Waals surface area contributed by atoms with Crippen LogP contribution in [0.3, 0.4) is 0 Å². The second-order valence-electron chi connectivity index (χ2n) is 4.82. The van der Waals surface area contributed by atoms with E-state index in [4.69, 9.17) is 0 Å². The molecule has 0 spiro atoms. The summed E-state index contributed by atoms with van der Waals surface area (Å²) in [5.74, 6) is 0.842. The lowest BCUT2D eigenvalue weighted by atomic mass is 9.93. The van der Waals surface area contributed by atoms with E-state index in [1.165, 1.54) is 5.70 Å². The molecule has 0 radical (unpaired) electrons. The molecule has 0 aromatic carbocycles. The lowest BCUT2D eigenvalue weighted by Gasteiger charge is -2.17. The number of likely N-dealkylation sites (tertiary alicyclic amines) is 1. The van der Waals surface area contributed by atoms with E-state index < -0.39 is 0 Å². The number of rotatable bonds is 5. The molecule has 0 aliphatic carbocycles. The highest BCUT2D eigenvalue weighted by Crippen LogP contribution is 2.41. The van der Waals surface area contributed by atoms with E-state index in [0.29, 0.717) is 11.8 Å². The van der Waals surface area contributed by atoms with Gasteiger partial charge in [0.05, 0.1) is 0 Å². The Morgan fingerprint density at radius 2 is 2.11 bits per heavy atom. The van der Waals surface area contributed by atoms with Crippen molar-refractivity contribution < 1.29 is 0 Å². The molecular weight excluding hydrogens is 230 g/mol. The van der Waals surface area contributed by atoms with Crippen molar-refractivity contribution in [2.45, 2.75) is 27.2 Å². The molecule has 1 aliphatic heterocycles. The van der Waals surface area contributed by atoms with Gasteiger partial charge in [0.1, 0.15) is 0 Å². The molecule has 1 aliphatic rings. The van der Waals surface area contributed by atoms with Crippen molar-refractivity contribution in [2.75, 3.05) is 0 Å². The normalized spacial score (nSPS) is 25.9. The van der Waals surface area contributed by atoms with Crippen LogP contribution in [-0.2, 0) is 0 Å². The minimum Gasteiger partial charge on any atom is -0.325 e. The molecule has 2 atom stereocenters. The lowest BCUT2D eigenvalue weighted by Crippen LogP contribution is -2.08. The number of hydrogen-bond acceptors (Lipinski definition) is 1. The Labute approximate surface area is 118 Å². The summed E-state index contributed by atoms with van der Waals surface area (Å²) < 4.78 is 0. The van der Waals surface area contributed by atoms with Crippen molar-refractivity contribution in [2.24, 2.45) is 11.8 Å². The number of nitrogens with zero attached hydrogens (tertiary/aromatic N) is 1. The molecule has 0 amide bonds. The largest absolute Gasteiger partial charge is 0.325 e. The molecular formula is C18H25N. The fourth-order valence-corrected chi connectivity index (χ4v) is 2.40. The van der Waals surface area contributed by atoms with Gasteiger partial charge in [0.15, 0.2) is 0 Å². The van der Waals surface area contributed by atoms with Crippen molar-refractivity contribution in [3.63, 3.8) is 0 Å². The molecule has 19 heavy (non-hydrogen) atoms. The van der Waals surface area contributed by atoms with E-state index in [1.54, 1.807) is 6.08 Å². The fourth-order valence-electron chi connectivity index (χ4n) is 2.40. The van der Waals surface area contributed by atoms with E-state index in [1.807, 2.05) is 12.3 Å². The predicted octanol–water partition coefficient (Wildman–Crippen LogP) is 5.19. The first-order valence-corrected chi connectivity index (χ1v) is 6.87. The van der Waals surface area contributed by atoms with Crippen molar-refractivity contribution in [3.05, 3.63) is 73.3 Å². The Bertz CT molecular complexity index is 448. The molecule has 1 fully saturated rings. The van der Waals surface area contributed by atoms with Gasteiger partial charge in [-0.3, -0.25) is 0 Å². The van der Waals surface area contributed by atoms with Crippen LogP contribution in [0.5, 0.6) is 0 Å². The molecule has 2 unspecified atom stereocenters. The van der Waals surface area contributed by atoms with Crippen LogP contribution in [0.4, 0.5) is 0 Å². The minimum absolute atomic E-state index is 0.382. The number of allylic oxidation sites excluding steroid dienone is 7. The second kappa shape index (κ2) is 6.98. The summed E-state index contributed by atoms with van der Waals surface area (Å²) in [4.78, 5) is 2.17. The van der Waals surface area contributed by atoms with E-state index in [-0.39, 0.29) is 0 Å². The van der Waals surface area contributed by atoms with Crippen LogP contribution in [0.25, 0.3) is 0 Å². The molecule has 102 valence electrons. The molecule has 0 bridgehead atoms. The van der Waals surface area contributed by atoms with Gasteiger partial charge in [0.2, 0.25) is 0 Å². The maximum Gasteiger partial charge on any atom is 0.0250 e. The fraction of sp³-hybridized carbons (Fsp3) is 0.333. The lowest BCUT2D eigenvalue weighted by molar-refractivity contribution is 0.590. The highest BCUT2D eigenvalue weighted by atomic mass is 15.2. The Kier molecular flexibility index (Phi) is 5.62. The average molecular weight is 255 g/mol. The first-order valence-electron chi connectivity index (χ1n) is 6.87. The van der Waals surface area contributed by atoms with Crippen molar-refractivity contribution >= 4 is 0 Å².